The van der Waals surface area contributed by atoms with Crippen molar-refractivity contribution >= 4 is 11.7 Å². The Morgan fingerprint density at radius 2 is 2.17 bits per heavy atom. The van der Waals surface area contributed by atoms with Gasteiger partial charge < -0.3 is 10.2 Å². The number of carbonyl (C=O) groups excluding carboxylic acids is 1. The smallest absolute Gasteiger partial charge is 0.221 e. The topological polar surface area (TPSA) is 56.2 Å². The molecule has 0 unspecified atom stereocenters. The van der Waals surface area contributed by atoms with Crippen molar-refractivity contribution < 1.29 is 4.79 Å². The van der Waals surface area contributed by atoms with E-state index in [-0.39, 0.29) is 5.91 Å². The van der Waals surface area contributed by atoms with Crippen molar-refractivity contribution in [1.29, 1.82) is 5.41 Å². The Kier molecular flexibility index (Phi) is 2.78. The lowest BCUT2D eigenvalue weighted by Crippen LogP contribution is -2.32. The van der Waals surface area contributed by atoms with E-state index in [1.165, 1.54) is 5.56 Å². The summed E-state index contributed by atoms with van der Waals surface area (Å²) in [6.45, 7) is 1.39. The zero-order valence-electron chi connectivity index (χ0n) is 10.3. The molecule has 0 atom stereocenters. The zero-order valence-corrected chi connectivity index (χ0v) is 10.3. The molecule has 4 nitrogen and oxygen atoms in total. The van der Waals surface area contributed by atoms with Gasteiger partial charge in [-0.15, -0.1) is 0 Å². The molecule has 1 saturated carbocycles. The zero-order chi connectivity index (χ0) is 12.5. The lowest BCUT2D eigenvalue weighted by Gasteiger charge is -2.17. The second-order valence-electron chi connectivity index (χ2n) is 5.02. The van der Waals surface area contributed by atoms with E-state index in [0.717, 1.165) is 24.9 Å². The highest BCUT2D eigenvalue weighted by Crippen LogP contribution is 2.22. The van der Waals surface area contributed by atoms with Crippen molar-refractivity contribution in [2.24, 2.45) is 0 Å². The fraction of sp³-hybridized carbons (Fsp3) is 0.429. The van der Waals surface area contributed by atoms with Gasteiger partial charge in [0.2, 0.25) is 5.91 Å². The first-order valence-electron chi connectivity index (χ1n) is 6.45. The van der Waals surface area contributed by atoms with Crippen LogP contribution in [-0.4, -0.2) is 29.2 Å². The first kappa shape index (κ1) is 11.3. The maximum atomic E-state index is 11.6. The van der Waals surface area contributed by atoms with E-state index in [0.29, 0.717) is 24.8 Å². The van der Waals surface area contributed by atoms with Gasteiger partial charge >= 0.3 is 0 Å². The molecule has 2 N–H and O–H groups in total. The molecule has 0 aromatic heterocycles. The number of nitrogens with one attached hydrogen (secondary N) is 2. The lowest BCUT2D eigenvalue weighted by atomic mass is 10.1. The van der Waals surface area contributed by atoms with Gasteiger partial charge in [-0.05, 0) is 18.4 Å². The minimum Gasteiger partial charge on any atom is -0.353 e. The second kappa shape index (κ2) is 4.44. The van der Waals surface area contributed by atoms with E-state index in [1.54, 1.807) is 0 Å². The van der Waals surface area contributed by atoms with Crippen molar-refractivity contribution in [1.82, 2.24) is 10.2 Å². The van der Waals surface area contributed by atoms with Crippen LogP contribution in [0, 0.1) is 5.41 Å². The summed E-state index contributed by atoms with van der Waals surface area (Å²) in [6, 6.07) is 8.40. The predicted molar refractivity (Wildman–Crippen MR) is 69.5 cm³/mol. The van der Waals surface area contributed by atoms with E-state index in [4.69, 9.17) is 5.41 Å². The van der Waals surface area contributed by atoms with E-state index in [1.807, 2.05) is 29.2 Å². The van der Waals surface area contributed by atoms with Gasteiger partial charge in [-0.1, -0.05) is 24.3 Å². The van der Waals surface area contributed by atoms with Crippen LogP contribution in [0.5, 0.6) is 0 Å². The molecule has 18 heavy (non-hydrogen) atoms. The highest BCUT2D eigenvalue weighted by atomic mass is 16.1. The minimum absolute atomic E-state index is 0.112. The summed E-state index contributed by atoms with van der Waals surface area (Å²) >= 11 is 0. The van der Waals surface area contributed by atoms with E-state index >= 15 is 0 Å². The molecule has 0 spiro atoms. The molecule has 0 saturated heterocycles. The number of hydrogen-bond acceptors (Lipinski definition) is 2. The number of nitrogens with zero attached hydrogens (tertiary/aromatic N) is 1. The van der Waals surface area contributed by atoms with Crippen LogP contribution in [0.4, 0.5) is 0 Å². The normalized spacial score (nSPS) is 17.8. The van der Waals surface area contributed by atoms with Gasteiger partial charge in [-0.25, -0.2) is 0 Å². The number of carbonyl (C=O) groups is 1. The van der Waals surface area contributed by atoms with Crippen LogP contribution in [0.3, 0.4) is 0 Å². The van der Waals surface area contributed by atoms with Gasteiger partial charge in [-0.2, -0.15) is 0 Å². The number of fused-ring (bicyclic) bond motifs is 1. The Morgan fingerprint density at radius 3 is 2.89 bits per heavy atom. The van der Waals surface area contributed by atoms with Crippen LogP contribution in [0.15, 0.2) is 24.3 Å². The molecule has 1 amide bonds. The van der Waals surface area contributed by atoms with Crippen LogP contribution in [0.2, 0.25) is 0 Å². The largest absolute Gasteiger partial charge is 0.353 e. The molecule has 1 aliphatic heterocycles. The molecule has 4 heteroatoms. The first-order chi connectivity index (χ1) is 8.74. The van der Waals surface area contributed by atoms with Crippen LogP contribution >= 0.6 is 0 Å². The van der Waals surface area contributed by atoms with Gasteiger partial charge in [0.15, 0.2) is 0 Å². The number of hydrogen-bond donors (Lipinski definition) is 2. The summed E-state index contributed by atoms with van der Waals surface area (Å²) in [4.78, 5) is 13.6. The summed E-state index contributed by atoms with van der Waals surface area (Å²) in [5, 5.41) is 11.1. The Bertz CT molecular complexity index is 494. The Morgan fingerprint density at radius 1 is 1.39 bits per heavy atom. The summed E-state index contributed by atoms with van der Waals surface area (Å²) in [6.07, 6.45) is 2.72. The van der Waals surface area contributed by atoms with Gasteiger partial charge in [0.05, 0.1) is 0 Å². The quantitative estimate of drug-likeness (QED) is 0.842. The van der Waals surface area contributed by atoms with E-state index in [2.05, 4.69) is 5.32 Å². The Hall–Kier alpha value is -1.84. The first-order valence-corrected chi connectivity index (χ1v) is 6.45. The molecule has 1 fully saturated rings. The molecule has 0 radical (unpaired) electrons. The van der Waals surface area contributed by atoms with Gasteiger partial charge in [-0.3, -0.25) is 10.2 Å². The fourth-order valence-corrected chi connectivity index (χ4v) is 2.30. The average Bonchev–Trinajstić information content (AvgIpc) is 3.12. The van der Waals surface area contributed by atoms with E-state index in [9.17, 15) is 4.79 Å². The summed E-state index contributed by atoms with van der Waals surface area (Å²) < 4.78 is 0. The second-order valence-corrected chi connectivity index (χ2v) is 5.02. The standard InChI is InChI=1S/C14H17N3O/c15-14-12-4-2-1-3-10(12)9-17(14)8-7-13(18)16-11-5-6-11/h1-4,11,15H,5-9H2,(H,16,18). The highest BCUT2D eigenvalue weighted by molar-refractivity contribution is 6.00. The molecule has 1 heterocycles. The summed E-state index contributed by atoms with van der Waals surface area (Å²) in [5.41, 5.74) is 2.19. The van der Waals surface area contributed by atoms with Crippen LogP contribution in [0.1, 0.15) is 30.4 Å². The molecular weight excluding hydrogens is 226 g/mol. The fourth-order valence-electron chi connectivity index (χ4n) is 2.30. The molecule has 0 bridgehead atoms. The van der Waals surface area contributed by atoms with Crippen LogP contribution in [-0.2, 0) is 11.3 Å². The molecule has 1 aromatic rings. The number of rotatable bonds is 4. The van der Waals surface area contributed by atoms with Crippen molar-refractivity contribution in [2.45, 2.75) is 31.8 Å². The Labute approximate surface area is 106 Å². The third-order valence-corrected chi connectivity index (χ3v) is 3.50. The summed E-state index contributed by atoms with van der Waals surface area (Å²) in [5.74, 6) is 0.658. The molecule has 3 rings (SSSR count). The van der Waals surface area contributed by atoms with Crippen molar-refractivity contribution in [3.63, 3.8) is 0 Å². The third kappa shape index (κ3) is 2.23. The monoisotopic (exact) mass is 243 g/mol. The van der Waals surface area contributed by atoms with Crippen molar-refractivity contribution in [2.75, 3.05) is 6.54 Å². The minimum atomic E-state index is 0.112. The van der Waals surface area contributed by atoms with Crippen molar-refractivity contribution in [3.8, 4) is 0 Å². The van der Waals surface area contributed by atoms with Gasteiger partial charge in [0.25, 0.3) is 0 Å². The highest BCUT2D eigenvalue weighted by Gasteiger charge is 2.26. The molecule has 1 aliphatic carbocycles. The molecular formula is C14H17N3O. The molecule has 94 valence electrons. The SMILES string of the molecule is N=C1c2ccccc2CN1CCC(=O)NC1CC1. The maximum absolute atomic E-state index is 11.6. The number of benzene rings is 1. The molecule has 1 aromatic carbocycles. The average molecular weight is 243 g/mol. The molecule has 2 aliphatic rings. The van der Waals surface area contributed by atoms with Crippen LogP contribution in [0.25, 0.3) is 0 Å². The van der Waals surface area contributed by atoms with Gasteiger partial charge in [0, 0.05) is 31.1 Å². The van der Waals surface area contributed by atoms with Gasteiger partial charge in [0.1, 0.15) is 5.84 Å². The maximum Gasteiger partial charge on any atom is 0.221 e. The number of amides is 1. The van der Waals surface area contributed by atoms with Crippen molar-refractivity contribution in [3.05, 3.63) is 35.4 Å². The third-order valence-electron chi connectivity index (χ3n) is 3.50. The van der Waals surface area contributed by atoms with Crippen LogP contribution < -0.4 is 5.32 Å². The summed E-state index contributed by atoms with van der Waals surface area (Å²) in [7, 11) is 0. The lowest BCUT2D eigenvalue weighted by molar-refractivity contribution is -0.121. The Balaban J connectivity index is 1.56. The predicted octanol–water partition coefficient (Wildman–Crippen LogP) is 1.50. The van der Waals surface area contributed by atoms with E-state index < -0.39 is 0 Å². The number of amidine groups is 1.